The van der Waals surface area contributed by atoms with Gasteiger partial charge in [0, 0.05) is 12.5 Å². The molecule has 0 aliphatic heterocycles. The van der Waals surface area contributed by atoms with Crippen molar-refractivity contribution in [2.24, 2.45) is 17.4 Å². The third-order valence-corrected chi connectivity index (χ3v) is 3.15. The smallest absolute Gasteiger partial charge is 0.451 e. The number of carboxylic acid groups (broad SMARTS) is 1. The van der Waals surface area contributed by atoms with Gasteiger partial charge in [0.1, 0.15) is 6.04 Å². The summed E-state index contributed by atoms with van der Waals surface area (Å²) in [5.74, 6) is -2.00. The Morgan fingerprint density at radius 3 is 2.35 bits per heavy atom. The Bertz CT molecular complexity index is 316. The summed E-state index contributed by atoms with van der Waals surface area (Å²) in [6, 6.07) is -1.75. The van der Waals surface area contributed by atoms with E-state index in [2.05, 4.69) is 5.32 Å². The lowest BCUT2D eigenvalue weighted by atomic mass is 9.81. The molecule has 0 aromatic carbocycles. The molecule has 0 spiro atoms. The lowest BCUT2D eigenvalue weighted by molar-refractivity contribution is -0.140. The highest BCUT2D eigenvalue weighted by Crippen LogP contribution is 2.12. The molecule has 0 aliphatic carbocycles. The molecule has 9 heteroatoms. The number of nitrogens with two attached hydrogens (primary N) is 2. The van der Waals surface area contributed by atoms with Crippen molar-refractivity contribution in [2.45, 2.75) is 44.6 Å². The lowest BCUT2D eigenvalue weighted by Crippen LogP contribution is -2.47. The Labute approximate surface area is 118 Å². The summed E-state index contributed by atoms with van der Waals surface area (Å²) in [5.41, 5.74) is 11.1. The number of carboxylic acids is 1. The molecule has 0 unspecified atom stereocenters. The van der Waals surface area contributed by atoms with Gasteiger partial charge in [-0.25, -0.2) is 0 Å². The van der Waals surface area contributed by atoms with E-state index in [-0.39, 0.29) is 18.8 Å². The van der Waals surface area contributed by atoms with Crippen molar-refractivity contribution in [3.63, 3.8) is 0 Å². The van der Waals surface area contributed by atoms with Crippen LogP contribution in [0.25, 0.3) is 0 Å². The van der Waals surface area contributed by atoms with Gasteiger partial charge in [-0.1, -0.05) is 13.3 Å². The average molecular weight is 289 g/mol. The number of hydrogen-bond donors (Lipinski definition) is 6. The maximum Gasteiger partial charge on any atom is 0.451 e. The first-order valence-electron chi connectivity index (χ1n) is 6.67. The zero-order valence-corrected chi connectivity index (χ0v) is 11.7. The number of nitrogens with one attached hydrogen (secondary N) is 1. The zero-order valence-electron chi connectivity index (χ0n) is 11.7. The van der Waals surface area contributed by atoms with Crippen molar-refractivity contribution in [1.82, 2.24) is 5.32 Å². The van der Waals surface area contributed by atoms with Crippen LogP contribution >= 0.6 is 0 Å². The van der Waals surface area contributed by atoms with Gasteiger partial charge in [0.05, 0.1) is 6.04 Å². The third-order valence-electron chi connectivity index (χ3n) is 3.15. The van der Waals surface area contributed by atoms with Crippen LogP contribution < -0.4 is 16.8 Å². The number of rotatable bonds is 10. The van der Waals surface area contributed by atoms with Crippen LogP contribution in [0.15, 0.2) is 0 Å². The standard InChI is InChI=1S/C11H24BN3O5/c1-2-8(13)10(16)15-6-7(9(14)11(17)18)4-3-5-12(19)20/h7-9,19-20H,2-6,13-14H2,1H3,(H,15,16)(H,17,18)/t7-,8-,9-/m0/s1. The van der Waals surface area contributed by atoms with Crippen LogP contribution in [0, 0.1) is 5.92 Å². The van der Waals surface area contributed by atoms with E-state index >= 15 is 0 Å². The summed E-state index contributed by atoms with van der Waals surface area (Å²) >= 11 is 0. The molecular formula is C11H24BN3O5. The SMILES string of the molecule is CC[C@H](N)C(=O)NC[C@H](CCCB(O)O)[C@H](N)C(=O)O. The maximum absolute atomic E-state index is 11.5. The van der Waals surface area contributed by atoms with Gasteiger partial charge in [-0.3, -0.25) is 9.59 Å². The van der Waals surface area contributed by atoms with Crippen molar-refractivity contribution in [3.8, 4) is 0 Å². The molecule has 0 fully saturated rings. The van der Waals surface area contributed by atoms with Crippen LogP contribution in [0.2, 0.25) is 6.32 Å². The van der Waals surface area contributed by atoms with E-state index in [0.717, 1.165) is 0 Å². The Balaban J connectivity index is 4.38. The van der Waals surface area contributed by atoms with Gasteiger partial charge < -0.3 is 31.9 Å². The minimum atomic E-state index is -1.43. The van der Waals surface area contributed by atoms with E-state index in [1.165, 1.54) is 0 Å². The summed E-state index contributed by atoms with van der Waals surface area (Å²) in [5, 5.41) is 29.0. The fourth-order valence-corrected chi connectivity index (χ4v) is 1.72. The fraction of sp³-hybridized carbons (Fsp3) is 0.818. The number of carbonyl (C=O) groups excluding carboxylic acids is 1. The molecule has 116 valence electrons. The fourth-order valence-electron chi connectivity index (χ4n) is 1.72. The molecule has 0 saturated carbocycles. The quantitative estimate of drug-likeness (QED) is 0.257. The minimum absolute atomic E-state index is 0.0987. The van der Waals surface area contributed by atoms with E-state index in [0.29, 0.717) is 19.3 Å². The van der Waals surface area contributed by atoms with Crippen molar-refractivity contribution < 1.29 is 24.7 Å². The first-order valence-corrected chi connectivity index (χ1v) is 6.67. The van der Waals surface area contributed by atoms with E-state index < -0.39 is 31.1 Å². The first-order chi connectivity index (χ1) is 9.29. The summed E-state index contributed by atoms with van der Waals surface area (Å²) in [7, 11) is -1.43. The molecule has 0 heterocycles. The second-order valence-electron chi connectivity index (χ2n) is 4.80. The second kappa shape index (κ2) is 9.70. The van der Waals surface area contributed by atoms with Crippen LogP contribution in [-0.2, 0) is 9.59 Å². The Hall–Kier alpha value is -1.16. The van der Waals surface area contributed by atoms with E-state index in [1.807, 2.05) is 0 Å². The molecule has 0 aliphatic rings. The monoisotopic (exact) mass is 289 g/mol. The molecule has 20 heavy (non-hydrogen) atoms. The van der Waals surface area contributed by atoms with Crippen molar-refractivity contribution in [1.29, 1.82) is 0 Å². The first kappa shape index (κ1) is 18.8. The highest BCUT2D eigenvalue weighted by molar-refractivity contribution is 6.40. The molecule has 3 atom stereocenters. The van der Waals surface area contributed by atoms with E-state index in [1.54, 1.807) is 6.92 Å². The molecule has 0 rings (SSSR count). The highest BCUT2D eigenvalue weighted by Gasteiger charge is 2.25. The lowest BCUT2D eigenvalue weighted by Gasteiger charge is -2.22. The van der Waals surface area contributed by atoms with Gasteiger partial charge in [0.15, 0.2) is 0 Å². The Morgan fingerprint density at radius 1 is 1.30 bits per heavy atom. The van der Waals surface area contributed by atoms with Gasteiger partial charge in [-0.15, -0.1) is 0 Å². The van der Waals surface area contributed by atoms with E-state index in [4.69, 9.17) is 26.6 Å². The normalized spacial score (nSPS) is 15.2. The van der Waals surface area contributed by atoms with Crippen LogP contribution in [0.3, 0.4) is 0 Å². The summed E-state index contributed by atoms with van der Waals surface area (Å²) in [6.45, 7) is 1.87. The van der Waals surface area contributed by atoms with Crippen LogP contribution in [0.4, 0.5) is 0 Å². The summed E-state index contributed by atoms with van der Waals surface area (Å²) in [6.07, 6.45) is 1.38. The summed E-state index contributed by atoms with van der Waals surface area (Å²) < 4.78 is 0. The maximum atomic E-state index is 11.5. The van der Waals surface area contributed by atoms with Crippen molar-refractivity contribution in [2.75, 3.05) is 6.54 Å². The van der Waals surface area contributed by atoms with Crippen molar-refractivity contribution in [3.05, 3.63) is 0 Å². The Morgan fingerprint density at radius 2 is 1.90 bits per heavy atom. The van der Waals surface area contributed by atoms with Crippen LogP contribution in [0.5, 0.6) is 0 Å². The topological polar surface area (TPSA) is 159 Å². The molecule has 0 aromatic heterocycles. The van der Waals surface area contributed by atoms with Gasteiger partial charge in [-0.2, -0.15) is 0 Å². The average Bonchev–Trinajstić information content (AvgIpc) is 2.39. The number of aliphatic carboxylic acids is 1. The molecule has 8 N–H and O–H groups in total. The number of amides is 1. The molecule has 0 radical (unpaired) electrons. The van der Waals surface area contributed by atoms with Crippen LogP contribution in [0.1, 0.15) is 26.2 Å². The Kier molecular flexibility index (Phi) is 9.14. The molecular weight excluding hydrogens is 265 g/mol. The highest BCUT2D eigenvalue weighted by atomic mass is 16.4. The van der Waals surface area contributed by atoms with Gasteiger partial charge in [0.2, 0.25) is 5.91 Å². The molecule has 1 amide bonds. The van der Waals surface area contributed by atoms with Crippen LogP contribution in [-0.4, -0.2) is 52.8 Å². The van der Waals surface area contributed by atoms with Gasteiger partial charge >= 0.3 is 13.1 Å². The predicted molar refractivity (Wildman–Crippen MR) is 74.6 cm³/mol. The minimum Gasteiger partial charge on any atom is -0.480 e. The summed E-state index contributed by atoms with van der Waals surface area (Å²) in [4.78, 5) is 22.5. The third kappa shape index (κ3) is 7.44. The van der Waals surface area contributed by atoms with E-state index in [9.17, 15) is 9.59 Å². The number of carbonyl (C=O) groups is 2. The molecule has 0 saturated heterocycles. The second-order valence-corrected chi connectivity index (χ2v) is 4.80. The largest absolute Gasteiger partial charge is 0.480 e. The molecule has 8 nitrogen and oxygen atoms in total. The molecule has 0 aromatic rings. The van der Waals surface area contributed by atoms with Crippen molar-refractivity contribution >= 4 is 19.0 Å². The molecule has 0 bridgehead atoms. The predicted octanol–water partition coefficient (Wildman–Crippen LogP) is -1.88. The van der Waals surface area contributed by atoms with Gasteiger partial charge in [-0.05, 0) is 19.2 Å². The zero-order chi connectivity index (χ0) is 15.7. The number of hydrogen-bond acceptors (Lipinski definition) is 6. The van der Waals surface area contributed by atoms with Gasteiger partial charge in [0.25, 0.3) is 0 Å².